The average molecular weight is 1210 g/mol. The summed E-state index contributed by atoms with van der Waals surface area (Å²) in [6.07, 6.45) is 7.12. The van der Waals surface area contributed by atoms with Crippen LogP contribution in [0.15, 0.2) is 12.2 Å². The predicted octanol–water partition coefficient (Wildman–Crippen LogP) is -2.43. The Morgan fingerprint density at radius 1 is 0.588 bits per heavy atom. The van der Waals surface area contributed by atoms with Crippen molar-refractivity contribution in [1.82, 2.24) is 68.4 Å². The number of hydrogen-bond acceptors (Lipinski definition) is 19. The summed E-state index contributed by atoms with van der Waals surface area (Å²) < 4.78 is 5.33. The van der Waals surface area contributed by atoms with E-state index < -0.39 is 158 Å². The number of carbonyl (C=O) groups excluding carboxylic acids is 13. The molecule has 31 heteroatoms. The highest BCUT2D eigenvalue weighted by molar-refractivity contribution is 5.96. The van der Waals surface area contributed by atoms with Crippen LogP contribution in [0, 0.1) is 5.92 Å². The number of aliphatic hydroxyl groups is 1. The molecule has 7 unspecified atom stereocenters. The Hall–Kier alpha value is -7.35. The third-order valence-corrected chi connectivity index (χ3v) is 13.2. The Morgan fingerprint density at radius 2 is 1.09 bits per heavy atom. The molecule has 0 saturated carbocycles. The molecular weight excluding hydrogens is 1120 g/mol. The van der Waals surface area contributed by atoms with Crippen LogP contribution in [0.5, 0.6) is 0 Å². The zero-order chi connectivity index (χ0) is 64.0. The lowest BCUT2D eigenvalue weighted by molar-refractivity contribution is -0.165. The molecule has 31 nitrogen and oxygen atoms in total. The van der Waals surface area contributed by atoms with E-state index in [4.69, 9.17) is 4.74 Å². The standard InChI is InChI=1S/C54H93N13O18/c1-8-12-13-14-15-16-17-24-41(69)61-40-33-85-47(75)31-58-50(77)37(22-19-26-66(83)45(73)10-3)60-42(70)29-56-49(76)35(7)55-28-36(21-18-25-65(82)44(72)9-2)59-52(79)39(32-68)63-54(81)48(34(5)6)64-43(71)30-57-51(78)38(62-53(40)80)23-20-27-67(84)46(74)11-4/h16-17,34-40,48,55,68,82-84H,8-15,18-33H2,1-7H3,(H,56,76)(H,57,78)(H,58,77)(H,59,79)(H,60,70)(H,61,69)(H,62,80)(H,63,81)(H,64,71). The zero-order valence-electron chi connectivity index (χ0n) is 50.1. The van der Waals surface area contributed by atoms with E-state index in [-0.39, 0.29) is 90.4 Å². The van der Waals surface area contributed by atoms with Crippen LogP contribution in [0.2, 0.25) is 0 Å². The fourth-order valence-electron chi connectivity index (χ4n) is 8.06. The Labute approximate surface area is 495 Å². The first kappa shape index (κ1) is 75.7. The molecule has 0 spiro atoms. The van der Waals surface area contributed by atoms with Gasteiger partial charge in [-0.3, -0.25) is 78.0 Å². The quantitative estimate of drug-likeness (QED) is 0.0149. The molecule has 0 radical (unpaired) electrons. The molecule has 0 aromatic rings. The van der Waals surface area contributed by atoms with Crippen LogP contribution in [0.3, 0.4) is 0 Å². The Bertz CT molecular complexity index is 2240. The summed E-state index contributed by atoms with van der Waals surface area (Å²) in [6, 6.07) is -9.66. The second-order valence-electron chi connectivity index (χ2n) is 20.6. The number of unbranched alkanes of at least 4 members (excludes halogenated alkanes) is 4. The van der Waals surface area contributed by atoms with Crippen molar-refractivity contribution < 1.29 is 87.8 Å². The Balaban J connectivity index is 3.78. The van der Waals surface area contributed by atoms with E-state index in [9.17, 15) is 83.1 Å². The number of esters is 1. The van der Waals surface area contributed by atoms with Crippen LogP contribution in [0.25, 0.3) is 0 Å². The number of hydrogen-bond donors (Lipinski definition) is 14. The van der Waals surface area contributed by atoms with Gasteiger partial charge in [0.1, 0.15) is 43.4 Å². The summed E-state index contributed by atoms with van der Waals surface area (Å²) in [5, 5.41) is 67.1. The number of ether oxygens (including phenoxy) is 1. The van der Waals surface area contributed by atoms with E-state index in [1.807, 2.05) is 0 Å². The molecule has 1 aliphatic heterocycles. The summed E-state index contributed by atoms with van der Waals surface area (Å²) >= 11 is 0. The maximum Gasteiger partial charge on any atom is 0.325 e. The number of aliphatic hydroxyl groups excluding tert-OH is 1. The lowest BCUT2D eigenvalue weighted by Crippen LogP contribution is -2.59. The summed E-state index contributed by atoms with van der Waals surface area (Å²) in [6.45, 7) is 6.07. The largest absolute Gasteiger partial charge is 0.462 e. The van der Waals surface area contributed by atoms with Crippen molar-refractivity contribution in [2.45, 2.75) is 187 Å². The summed E-state index contributed by atoms with van der Waals surface area (Å²) in [4.78, 5) is 172. The lowest BCUT2D eigenvalue weighted by atomic mass is 10.0. The minimum atomic E-state index is -1.70. The number of hydroxylamine groups is 6. The fraction of sp³-hybridized carbons (Fsp3) is 0.722. The van der Waals surface area contributed by atoms with Crippen LogP contribution in [0.4, 0.5) is 0 Å². The van der Waals surface area contributed by atoms with E-state index in [1.54, 1.807) is 26.0 Å². The summed E-state index contributed by atoms with van der Waals surface area (Å²) in [5.41, 5.74) is 0. The number of cyclic esters (lactones) is 1. The van der Waals surface area contributed by atoms with Crippen LogP contribution in [0.1, 0.15) is 145 Å². The first-order valence-electron chi connectivity index (χ1n) is 29.1. The van der Waals surface area contributed by atoms with Gasteiger partial charge in [0.05, 0.1) is 25.7 Å². The zero-order valence-corrected chi connectivity index (χ0v) is 50.1. The first-order chi connectivity index (χ1) is 40.3. The highest BCUT2D eigenvalue weighted by Gasteiger charge is 2.33. The van der Waals surface area contributed by atoms with Crippen molar-refractivity contribution in [2.75, 3.05) is 59.0 Å². The monoisotopic (exact) mass is 1210 g/mol. The second-order valence-corrected chi connectivity index (χ2v) is 20.6. The molecule has 0 aromatic carbocycles. The summed E-state index contributed by atoms with van der Waals surface area (Å²) in [5.74, 6) is -11.8. The van der Waals surface area contributed by atoms with Gasteiger partial charge < -0.3 is 63.0 Å². The Morgan fingerprint density at radius 3 is 1.62 bits per heavy atom. The van der Waals surface area contributed by atoms with Crippen LogP contribution < -0.4 is 53.2 Å². The molecule has 0 aliphatic carbocycles. The lowest BCUT2D eigenvalue weighted by Gasteiger charge is -2.27. The number of nitrogens with zero attached hydrogens (tertiary/aromatic N) is 3. The smallest absolute Gasteiger partial charge is 0.325 e. The molecule has 482 valence electrons. The van der Waals surface area contributed by atoms with E-state index >= 15 is 0 Å². The number of carbonyl (C=O) groups is 13. The highest BCUT2D eigenvalue weighted by Crippen LogP contribution is 2.09. The van der Waals surface area contributed by atoms with Gasteiger partial charge >= 0.3 is 5.97 Å². The third-order valence-electron chi connectivity index (χ3n) is 13.2. The SMILES string of the molecule is CCCCCCC=CCC(=O)NC1COC(=O)CNC(=O)C(CCCN(O)C(=O)CC)NC(=O)CNC(=O)C(C)NCC(CCCN(O)C(=O)CC)NC(=O)C(CO)NC(=O)C(C(C)C)NC(=O)CNC(=O)C(CCCN(O)C(=O)CC)NC1=O. The molecule has 0 bridgehead atoms. The van der Waals surface area contributed by atoms with Gasteiger partial charge in [-0.15, -0.1) is 0 Å². The molecule has 7 atom stereocenters. The number of allylic oxidation sites excluding steroid dienone is 1. The number of nitrogens with one attached hydrogen (secondary N) is 10. The molecule has 85 heavy (non-hydrogen) atoms. The Kier molecular flexibility index (Phi) is 37.8. The molecule has 1 heterocycles. The number of amides is 12. The van der Waals surface area contributed by atoms with Gasteiger partial charge in [-0.2, -0.15) is 0 Å². The molecular formula is C54H93N13O18. The average Bonchev–Trinajstić information content (AvgIpc) is 3.68. The molecule has 1 aliphatic rings. The maximum absolute atomic E-state index is 14.1. The molecule has 14 N–H and O–H groups in total. The van der Waals surface area contributed by atoms with Gasteiger partial charge in [-0.25, -0.2) is 15.2 Å². The molecule has 1 rings (SSSR count). The van der Waals surface area contributed by atoms with Crippen molar-refractivity contribution in [3.05, 3.63) is 12.2 Å². The van der Waals surface area contributed by atoms with Crippen LogP contribution in [-0.2, 0) is 67.1 Å². The molecule has 0 aromatic heterocycles. The van der Waals surface area contributed by atoms with Gasteiger partial charge in [0.15, 0.2) is 0 Å². The third kappa shape index (κ3) is 31.4. The summed E-state index contributed by atoms with van der Waals surface area (Å²) in [7, 11) is 0. The minimum absolute atomic E-state index is 0.00206. The molecule has 12 amide bonds. The van der Waals surface area contributed by atoms with E-state index in [1.165, 1.54) is 27.7 Å². The van der Waals surface area contributed by atoms with Crippen molar-refractivity contribution in [3.8, 4) is 0 Å². The number of rotatable bonds is 25. The van der Waals surface area contributed by atoms with Gasteiger partial charge in [0.2, 0.25) is 70.9 Å². The van der Waals surface area contributed by atoms with E-state index in [2.05, 4.69) is 60.1 Å². The fourth-order valence-corrected chi connectivity index (χ4v) is 8.06. The van der Waals surface area contributed by atoms with E-state index in [0.29, 0.717) is 21.6 Å². The minimum Gasteiger partial charge on any atom is -0.462 e. The van der Waals surface area contributed by atoms with Crippen molar-refractivity contribution in [1.29, 1.82) is 0 Å². The van der Waals surface area contributed by atoms with Gasteiger partial charge in [-0.05, 0) is 64.2 Å². The van der Waals surface area contributed by atoms with Gasteiger partial charge in [0.25, 0.3) is 0 Å². The maximum atomic E-state index is 14.1. The highest BCUT2D eigenvalue weighted by atomic mass is 16.5. The molecule has 1 saturated heterocycles. The van der Waals surface area contributed by atoms with Gasteiger partial charge in [0, 0.05) is 57.9 Å². The predicted molar refractivity (Wildman–Crippen MR) is 303 cm³/mol. The normalized spacial score (nSPS) is 21.7. The molecule has 1 fully saturated rings. The van der Waals surface area contributed by atoms with Crippen LogP contribution in [-0.4, -0.2) is 214 Å². The van der Waals surface area contributed by atoms with Crippen molar-refractivity contribution in [2.24, 2.45) is 5.92 Å². The van der Waals surface area contributed by atoms with E-state index in [0.717, 1.165) is 25.7 Å². The van der Waals surface area contributed by atoms with Crippen molar-refractivity contribution in [3.63, 3.8) is 0 Å². The first-order valence-corrected chi connectivity index (χ1v) is 29.1. The van der Waals surface area contributed by atoms with Gasteiger partial charge in [-0.1, -0.05) is 73.0 Å². The topological polar surface area (TPSA) is 442 Å². The second kappa shape index (κ2) is 42.5. The van der Waals surface area contributed by atoms with Crippen LogP contribution >= 0.6 is 0 Å². The van der Waals surface area contributed by atoms with Crippen molar-refractivity contribution >= 4 is 76.9 Å².